The highest BCUT2D eigenvalue weighted by Gasteiger charge is 2.11. The fourth-order valence-corrected chi connectivity index (χ4v) is 2.06. The average Bonchev–Trinajstić information content (AvgIpc) is 2.55. The van der Waals surface area contributed by atoms with E-state index in [9.17, 15) is 0 Å². The molecular formula is C11H13ClN2O. The quantitative estimate of drug-likeness (QED) is 0.851. The minimum Gasteiger partial charge on any atom is -0.494 e. The SMILES string of the molecule is COc1c(Cl)ccc2c1cc(CN)n2C. The number of hydrogen-bond donors (Lipinski definition) is 1. The lowest BCUT2D eigenvalue weighted by atomic mass is 10.2. The average molecular weight is 225 g/mol. The summed E-state index contributed by atoms with van der Waals surface area (Å²) in [4.78, 5) is 0. The zero-order valence-corrected chi connectivity index (χ0v) is 9.51. The van der Waals surface area contributed by atoms with Gasteiger partial charge in [0.05, 0.1) is 17.6 Å². The molecule has 0 atom stereocenters. The predicted molar refractivity (Wildman–Crippen MR) is 62.4 cm³/mol. The summed E-state index contributed by atoms with van der Waals surface area (Å²) in [6.45, 7) is 0.506. The monoisotopic (exact) mass is 224 g/mol. The van der Waals surface area contributed by atoms with Gasteiger partial charge < -0.3 is 15.0 Å². The number of benzene rings is 1. The van der Waals surface area contributed by atoms with Crippen LogP contribution in [0.1, 0.15) is 5.69 Å². The summed E-state index contributed by atoms with van der Waals surface area (Å²) in [6, 6.07) is 5.82. The summed E-state index contributed by atoms with van der Waals surface area (Å²) in [5, 5.41) is 1.63. The van der Waals surface area contributed by atoms with Gasteiger partial charge >= 0.3 is 0 Å². The van der Waals surface area contributed by atoms with E-state index in [4.69, 9.17) is 22.1 Å². The molecule has 3 nitrogen and oxygen atoms in total. The molecule has 15 heavy (non-hydrogen) atoms. The lowest BCUT2D eigenvalue weighted by molar-refractivity contribution is 0.420. The van der Waals surface area contributed by atoms with Crippen molar-refractivity contribution in [3.63, 3.8) is 0 Å². The second kappa shape index (κ2) is 3.76. The second-order valence-electron chi connectivity index (χ2n) is 3.41. The van der Waals surface area contributed by atoms with Crippen molar-refractivity contribution in [3.05, 3.63) is 28.9 Å². The van der Waals surface area contributed by atoms with Crippen molar-refractivity contribution in [3.8, 4) is 5.75 Å². The molecule has 2 N–H and O–H groups in total. The van der Waals surface area contributed by atoms with Crippen LogP contribution in [0, 0.1) is 0 Å². The van der Waals surface area contributed by atoms with Crippen molar-refractivity contribution in [2.45, 2.75) is 6.54 Å². The number of hydrogen-bond acceptors (Lipinski definition) is 2. The molecule has 1 aromatic carbocycles. The van der Waals surface area contributed by atoms with Gasteiger partial charge in [-0.3, -0.25) is 0 Å². The van der Waals surface area contributed by atoms with Gasteiger partial charge in [0.15, 0.2) is 0 Å². The van der Waals surface area contributed by atoms with E-state index in [2.05, 4.69) is 0 Å². The molecule has 0 amide bonds. The van der Waals surface area contributed by atoms with E-state index in [1.165, 1.54) is 0 Å². The van der Waals surface area contributed by atoms with E-state index >= 15 is 0 Å². The maximum absolute atomic E-state index is 6.04. The van der Waals surface area contributed by atoms with E-state index in [1.54, 1.807) is 7.11 Å². The Kier molecular flexibility index (Phi) is 2.59. The molecule has 0 unspecified atom stereocenters. The molecule has 0 saturated heterocycles. The molecule has 2 aromatic rings. The molecule has 2 rings (SSSR count). The van der Waals surface area contributed by atoms with Crippen LogP contribution in [0.3, 0.4) is 0 Å². The van der Waals surface area contributed by atoms with Gasteiger partial charge in [-0.15, -0.1) is 0 Å². The Hall–Kier alpha value is -1.19. The maximum atomic E-state index is 6.04. The van der Waals surface area contributed by atoms with Crippen molar-refractivity contribution in [1.82, 2.24) is 4.57 Å². The van der Waals surface area contributed by atoms with Crippen molar-refractivity contribution in [2.24, 2.45) is 12.8 Å². The molecule has 1 heterocycles. The van der Waals surface area contributed by atoms with Crippen LogP contribution < -0.4 is 10.5 Å². The number of aromatic nitrogens is 1. The molecule has 0 fully saturated rings. The highest BCUT2D eigenvalue weighted by atomic mass is 35.5. The molecule has 0 radical (unpaired) electrons. The number of fused-ring (bicyclic) bond motifs is 1. The molecule has 80 valence electrons. The summed E-state index contributed by atoms with van der Waals surface area (Å²) in [5.74, 6) is 0.712. The molecule has 0 bridgehead atoms. The third-order valence-electron chi connectivity index (χ3n) is 2.64. The topological polar surface area (TPSA) is 40.2 Å². The van der Waals surface area contributed by atoms with Crippen molar-refractivity contribution >= 4 is 22.5 Å². The first-order chi connectivity index (χ1) is 7.19. The second-order valence-corrected chi connectivity index (χ2v) is 3.82. The van der Waals surface area contributed by atoms with Crippen LogP contribution in [0.5, 0.6) is 5.75 Å². The summed E-state index contributed by atoms with van der Waals surface area (Å²) >= 11 is 6.04. The lowest BCUT2D eigenvalue weighted by Gasteiger charge is -2.05. The summed E-state index contributed by atoms with van der Waals surface area (Å²) in [7, 11) is 3.60. The Bertz CT molecular complexity index is 505. The van der Waals surface area contributed by atoms with E-state index in [0.29, 0.717) is 17.3 Å². The Morgan fingerprint density at radius 2 is 2.20 bits per heavy atom. The highest BCUT2D eigenvalue weighted by Crippen LogP contribution is 2.34. The summed E-state index contributed by atoms with van der Waals surface area (Å²) in [6.07, 6.45) is 0. The molecule has 4 heteroatoms. The molecule has 0 spiro atoms. The zero-order chi connectivity index (χ0) is 11.0. The van der Waals surface area contributed by atoms with Gasteiger partial charge in [0.2, 0.25) is 0 Å². The largest absolute Gasteiger partial charge is 0.494 e. The maximum Gasteiger partial charge on any atom is 0.146 e. The van der Waals surface area contributed by atoms with E-state index in [0.717, 1.165) is 16.6 Å². The molecule has 0 aliphatic rings. The van der Waals surface area contributed by atoms with Gasteiger partial charge in [-0.05, 0) is 18.2 Å². The normalized spacial score (nSPS) is 10.9. The van der Waals surface area contributed by atoms with Crippen molar-refractivity contribution < 1.29 is 4.74 Å². The molecule has 0 saturated carbocycles. The minimum atomic E-state index is 0.506. The molecular weight excluding hydrogens is 212 g/mol. The summed E-state index contributed by atoms with van der Waals surface area (Å²) in [5.41, 5.74) is 7.79. The van der Waals surface area contributed by atoms with Crippen LogP contribution >= 0.6 is 11.6 Å². The first-order valence-corrected chi connectivity index (χ1v) is 5.07. The smallest absolute Gasteiger partial charge is 0.146 e. The van der Waals surface area contributed by atoms with Crippen LogP contribution in [0.25, 0.3) is 10.9 Å². The highest BCUT2D eigenvalue weighted by molar-refractivity contribution is 6.33. The van der Waals surface area contributed by atoms with Crippen LogP contribution in [0.2, 0.25) is 5.02 Å². The van der Waals surface area contributed by atoms with Crippen LogP contribution in [0.15, 0.2) is 18.2 Å². The van der Waals surface area contributed by atoms with E-state index in [1.807, 2.05) is 29.8 Å². The number of methoxy groups -OCH3 is 1. The van der Waals surface area contributed by atoms with Crippen LogP contribution in [0.4, 0.5) is 0 Å². The number of rotatable bonds is 2. The van der Waals surface area contributed by atoms with Crippen molar-refractivity contribution in [2.75, 3.05) is 7.11 Å². The van der Waals surface area contributed by atoms with Gasteiger partial charge in [-0.2, -0.15) is 0 Å². The van der Waals surface area contributed by atoms with Gasteiger partial charge in [0.25, 0.3) is 0 Å². The van der Waals surface area contributed by atoms with Gasteiger partial charge in [0, 0.05) is 24.7 Å². The Labute approximate surface area is 93.4 Å². The van der Waals surface area contributed by atoms with Crippen LogP contribution in [-0.2, 0) is 13.6 Å². The minimum absolute atomic E-state index is 0.506. The van der Waals surface area contributed by atoms with Gasteiger partial charge in [-0.25, -0.2) is 0 Å². The van der Waals surface area contributed by atoms with Gasteiger partial charge in [0.1, 0.15) is 5.75 Å². The Morgan fingerprint density at radius 3 is 2.80 bits per heavy atom. The number of aryl methyl sites for hydroxylation is 1. The predicted octanol–water partition coefficient (Wildman–Crippen LogP) is 2.30. The third-order valence-corrected chi connectivity index (χ3v) is 2.94. The van der Waals surface area contributed by atoms with Crippen molar-refractivity contribution in [1.29, 1.82) is 0 Å². The lowest BCUT2D eigenvalue weighted by Crippen LogP contribution is -2.02. The number of nitrogens with two attached hydrogens (primary N) is 1. The van der Waals surface area contributed by atoms with E-state index in [-0.39, 0.29) is 0 Å². The fourth-order valence-electron chi connectivity index (χ4n) is 1.82. The number of halogens is 1. The zero-order valence-electron chi connectivity index (χ0n) is 8.75. The first kappa shape index (κ1) is 10.3. The number of ether oxygens (including phenoxy) is 1. The van der Waals surface area contributed by atoms with Crippen LogP contribution in [-0.4, -0.2) is 11.7 Å². The van der Waals surface area contributed by atoms with E-state index < -0.39 is 0 Å². The molecule has 0 aliphatic carbocycles. The third kappa shape index (κ3) is 1.48. The Balaban J connectivity index is 2.82. The standard InChI is InChI=1S/C11H13ClN2O/c1-14-7(6-13)5-8-10(14)4-3-9(12)11(8)15-2/h3-5H,6,13H2,1-2H3. The summed E-state index contributed by atoms with van der Waals surface area (Å²) < 4.78 is 7.33. The fraction of sp³-hybridized carbons (Fsp3) is 0.273. The molecule has 1 aromatic heterocycles. The number of nitrogens with zero attached hydrogens (tertiary/aromatic N) is 1. The van der Waals surface area contributed by atoms with Gasteiger partial charge in [-0.1, -0.05) is 11.6 Å². The Morgan fingerprint density at radius 1 is 1.47 bits per heavy atom. The first-order valence-electron chi connectivity index (χ1n) is 4.70. The molecule has 0 aliphatic heterocycles.